The smallest absolute Gasteiger partial charge is 0.166 e. The lowest BCUT2D eigenvalue weighted by Crippen LogP contribution is -2.45. The quantitative estimate of drug-likeness (QED) is 0.816. The summed E-state index contributed by atoms with van der Waals surface area (Å²) in [5.41, 5.74) is 0.532. The van der Waals surface area contributed by atoms with E-state index < -0.39 is 5.82 Å². The molecule has 2 N–H and O–H groups in total. The number of aromatic hydroxyl groups is 1. The standard InChI is InChI=1S/C15H16ClFN2OS.2ClH/c16-10-8-11(15(20)12(17)9-10)14(13-2-1-7-21-13)19-5-3-18-4-6-19;;/h1-2,7-9,14,18,20H,3-6H2;2*1H/t14-;;/m1../s1. The lowest BCUT2D eigenvalue weighted by atomic mass is 10.0. The largest absolute Gasteiger partial charge is 0.505 e. The maximum absolute atomic E-state index is 13.8. The van der Waals surface area contributed by atoms with Crippen LogP contribution in [0, 0.1) is 5.82 Å². The number of halogens is 4. The van der Waals surface area contributed by atoms with Gasteiger partial charge in [-0.25, -0.2) is 4.39 Å². The molecule has 1 fully saturated rings. The first-order valence-electron chi connectivity index (χ1n) is 6.83. The predicted octanol–water partition coefficient (Wildman–Crippen LogP) is 4.08. The van der Waals surface area contributed by atoms with E-state index in [9.17, 15) is 9.50 Å². The molecule has 2 aromatic rings. The van der Waals surface area contributed by atoms with Crippen molar-refractivity contribution < 1.29 is 9.50 Å². The number of piperazine rings is 1. The summed E-state index contributed by atoms with van der Waals surface area (Å²) >= 11 is 7.59. The third-order valence-corrected chi connectivity index (χ3v) is 4.82. The van der Waals surface area contributed by atoms with Crippen molar-refractivity contribution in [3.05, 3.63) is 50.9 Å². The summed E-state index contributed by atoms with van der Waals surface area (Å²) in [4.78, 5) is 3.32. The molecule has 3 nitrogen and oxygen atoms in total. The SMILES string of the molecule is Cl.Cl.Oc1c(F)cc(Cl)cc1[C@H](c1cccs1)N1CCNCC1. The number of nitrogens with zero attached hydrogens (tertiary/aromatic N) is 1. The molecule has 0 saturated carbocycles. The van der Waals surface area contributed by atoms with Crippen LogP contribution in [0.3, 0.4) is 0 Å². The summed E-state index contributed by atoms with van der Waals surface area (Å²) in [5, 5.41) is 15.7. The van der Waals surface area contributed by atoms with Gasteiger partial charge in [0, 0.05) is 41.6 Å². The summed E-state index contributed by atoms with van der Waals surface area (Å²) in [6, 6.07) is 6.61. The summed E-state index contributed by atoms with van der Waals surface area (Å²) in [5.74, 6) is -0.981. The second-order valence-corrected chi connectivity index (χ2v) is 6.45. The number of hydrogen-bond acceptors (Lipinski definition) is 4. The van der Waals surface area contributed by atoms with E-state index in [2.05, 4.69) is 10.2 Å². The fourth-order valence-corrected chi connectivity index (χ4v) is 3.80. The molecule has 0 radical (unpaired) electrons. The highest BCUT2D eigenvalue weighted by Crippen LogP contribution is 2.39. The van der Waals surface area contributed by atoms with Crippen molar-refractivity contribution in [3.8, 4) is 5.75 Å². The number of phenolic OH excluding ortho intramolecular Hbond substituents is 1. The van der Waals surface area contributed by atoms with Gasteiger partial charge in [0.2, 0.25) is 0 Å². The van der Waals surface area contributed by atoms with Crippen molar-refractivity contribution >= 4 is 47.8 Å². The maximum Gasteiger partial charge on any atom is 0.166 e. The molecular weight excluding hydrogens is 382 g/mol. The molecule has 0 spiro atoms. The minimum Gasteiger partial charge on any atom is -0.505 e. The van der Waals surface area contributed by atoms with E-state index in [-0.39, 0.29) is 36.6 Å². The van der Waals surface area contributed by atoms with Gasteiger partial charge in [-0.2, -0.15) is 0 Å². The molecule has 1 aliphatic rings. The van der Waals surface area contributed by atoms with Crippen LogP contribution in [0.5, 0.6) is 5.75 Å². The van der Waals surface area contributed by atoms with Crippen molar-refractivity contribution in [2.75, 3.05) is 26.2 Å². The Labute approximate surface area is 156 Å². The number of rotatable bonds is 3. The molecule has 8 heteroatoms. The Bertz CT molecular complexity index is 621. The Morgan fingerprint density at radius 3 is 2.57 bits per heavy atom. The first kappa shape index (κ1) is 20.5. The number of benzene rings is 1. The number of hydrogen-bond donors (Lipinski definition) is 2. The van der Waals surface area contributed by atoms with Crippen molar-refractivity contribution in [2.45, 2.75) is 6.04 Å². The summed E-state index contributed by atoms with van der Waals surface area (Å²) in [6.07, 6.45) is 0. The average molecular weight is 400 g/mol. The molecule has 1 aliphatic heterocycles. The zero-order valence-electron chi connectivity index (χ0n) is 12.2. The van der Waals surface area contributed by atoms with E-state index in [0.29, 0.717) is 10.6 Å². The van der Waals surface area contributed by atoms with Crippen LogP contribution in [0.2, 0.25) is 5.02 Å². The van der Waals surface area contributed by atoms with E-state index in [4.69, 9.17) is 11.6 Å². The van der Waals surface area contributed by atoms with Crippen molar-refractivity contribution in [1.82, 2.24) is 10.2 Å². The normalized spacial score (nSPS) is 16.3. The highest BCUT2D eigenvalue weighted by atomic mass is 35.5. The lowest BCUT2D eigenvalue weighted by Gasteiger charge is -2.35. The molecule has 1 aromatic heterocycles. The summed E-state index contributed by atoms with van der Waals surface area (Å²) < 4.78 is 13.8. The lowest BCUT2D eigenvalue weighted by molar-refractivity contribution is 0.197. The molecule has 0 aliphatic carbocycles. The number of nitrogens with one attached hydrogen (secondary N) is 1. The number of thiophene rings is 1. The topological polar surface area (TPSA) is 35.5 Å². The predicted molar refractivity (Wildman–Crippen MR) is 98.2 cm³/mol. The molecule has 128 valence electrons. The monoisotopic (exact) mass is 398 g/mol. The molecule has 1 aromatic carbocycles. The fraction of sp³-hybridized carbons (Fsp3) is 0.333. The summed E-state index contributed by atoms with van der Waals surface area (Å²) in [6.45, 7) is 3.45. The third kappa shape index (κ3) is 4.50. The van der Waals surface area contributed by atoms with Crippen LogP contribution in [0.15, 0.2) is 29.6 Å². The van der Waals surface area contributed by atoms with Gasteiger partial charge in [-0.1, -0.05) is 17.7 Å². The van der Waals surface area contributed by atoms with Crippen molar-refractivity contribution in [2.24, 2.45) is 0 Å². The van der Waals surface area contributed by atoms with E-state index in [1.54, 1.807) is 17.4 Å². The van der Waals surface area contributed by atoms with Gasteiger partial charge in [-0.15, -0.1) is 36.2 Å². The first-order chi connectivity index (χ1) is 10.2. The van der Waals surface area contributed by atoms with Crippen LogP contribution in [-0.2, 0) is 0 Å². The van der Waals surface area contributed by atoms with Crippen LogP contribution in [0.4, 0.5) is 4.39 Å². The van der Waals surface area contributed by atoms with E-state index in [1.165, 1.54) is 0 Å². The van der Waals surface area contributed by atoms with Crippen LogP contribution >= 0.6 is 47.8 Å². The van der Waals surface area contributed by atoms with Gasteiger partial charge in [0.1, 0.15) is 0 Å². The Morgan fingerprint density at radius 1 is 1.26 bits per heavy atom. The Hall–Kier alpha value is -0.560. The van der Waals surface area contributed by atoms with Gasteiger partial charge in [0.25, 0.3) is 0 Å². The minimum atomic E-state index is -0.672. The number of phenols is 1. The molecular formula is C15H18Cl3FN2OS. The zero-order valence-corrected chi connectivity index (χ0v) is 15.4. The highest BCUT2D eigenvalue weighted by Gasteiger charge is 2.28. The highest BCUT2D eigenvalue weighted by molar-refractivity contribution is 7.10. The molecule has 0 bridgehead atoms. The first-order valence-corrected chi connectivity index (χ1v) is 8.08. The molecule has 0 unspecified atom stereocenters. The molecule has 1 saturated heterocycles. The van der Waals surface area contributed by atoms with Gasteiger partial charge < -0.3 is 10.4 Å². The van der Waals surface area contributed by atoms with Gasteiger partial charge in [0.15, 0.2) is 11.6 Å². The minimum absolute atomic E-state index is 0. The van der Waals surface area contributed by atoms with Gasteiger partial charge >= 0.3 is 0 Å². The van der Waals surface area contributed by atoms with Crippen LogP contribution < -0.4 is 5.32 Å². The second-order valence-electron chi connectivity index (χ2n) is 5.03. The van der Waals surface area contributed by atoms with Crippen molar-refractivity contribution in [1.29, 1.82) is 0 Å². The van der Waals surface area contributed by atoms with Crippen LogP contribution in [0.25, 0.3) is 0 Å². The van der Waals surface area contributed by atoms with E-state index >= 15 is 0 Å². The molecule has 23 heavy (non-hydrogen) atoms. The fourth-order valence-electron chi connectivity index (χ4n) is 2.71. The molecule has 1 atom stereocenters. The molecule has 0 amide bonds. The van der Waals surface area contributed by atoms with Crippen LogP contribution in [0.1, 0.15) is 16.5 Å². The van der Waals surface area contributed by atoms with Crippen molar-refractivity contribution in [3.63, 3.8) is 0 Å². The van der Waals surface area contributed by atoms with Gasteiger partial charge in [-0.05, 0) is 23.6 Å². The van der Waals surface area contributed by atoms with Gasteiger partial charge in [-0.3, -0.25) is 4.90 Å². The van der Waals surface area contributed by atoms with E-state index in [0.717, 1.165) is 37.1 Å². The molecule has 3 rings (SSSR count). The zero-order chi connectivity index (χ0) is 14.8. The van der Waals surface area contributed by atoms with E-state index in [1.807, 2.05) is 17.5 Å². The maximum atomic E-state index is 13.8. The Morgan fingerprint density at radius 2 is 1.96 bits per heavy atom. The molecule has 2 heterocycles. The van der Waals surface area contributed by atoms with Gasteiger partial charge in [0.05, 0.1) is 6.04 Å². The third-order valence-electron chi connectivity index (χ3n) is 3.68. The Kier molecular flexibility index (Phi) is 8.07. The average Bonchev–Trinajstić information content (AvgIpc) is 2.99. The van der Waals surface area contributed by atoms with Crippen LogP contribution in [-0.4, -0.2) is 36.2 Å². The second kappa shape index (κ2) is 9.06. The Balaban J connectivity index is 0.00000132. The summed E-state index contributed by atoms with van der Waals surface area (Å²) in [7, 11) is 0.